The molecule has 0 atom stereocenters. The van der Waals surface area contributed by atoms with Gasteiger partial charge in [0, 0.05) is 6.04 Å². The summed E-state index contributed by atoms with van der Waals surface area (Å²) in [4.78, 5) is 12.3. The van der Waals surface area contributed by atoms with Crippen LogP contribution in [0.15, 0.2) is 28.7 Å². The van der Waals surface area contributed by atoms with Crippen molar-refractivity contribution in [3.8, 4) is 5.75 Å². The first kappa shape index (κ1) is 17.7. The van der Waals surface area contributed by atoms with Gasteiger partial charge in [0.1, 0.15) is 12.3 Å². The summed E-state index contributed by atoms with van der Waals surface area (Å²) < 4.78 is 12.4. The van der Waals surface area contributed by atoms with Gasteiger partial charge in [0.25, 0.3) is 10.7 Å². The molecule has 6 nitrogen and oxygen atoms in total. The van der Waals surface area contributed by atoms with E-state index in [2.05, 4.69) is 10.4 Å². The minimum absolute atomic E-state index is 0.0728. The molecule has 3 rings (SSSR count). The molecule has 1 amide bonds. The standard InChI is InChI=1S/C18H23N3O3S/c1-13-7-9-15(10-8-13)23-12-17-20-21(18(25)24-17)11-16(22)19-14-5-3-2-4-6-14/h7-10,14H,2-6,11-12H2,1H3,(H,19,22). The molecule has 25 heavy (non-hydrogen) atoms. The molecular formula is C18H23N3O3S. The highest BCUT2D eigenvalue weighted by atomic mass is 32.1. The molecular weight excluding hydrogens is 338 g/mol. The monoisotopic (exact) mass is 361 g/mol. The van der Waals surface area contributed by atoms with Gasteiger partial charge in [-0.25, -0.2) is 4.68 Å². The number of carbonyl (C=O) groups excluding carboxylic acids is 1. The summed E-state index contributed by atoms with van der Waals surface area (Å²) in [5, 5.41) is 7.28. The number of nitrogens with one attached hydrogen (secondary N) is 1. The van der Waals surface area contributed by atoms with E-state index in [9.17, 15) is 4.79 Å². The van der Waals surface area contributed by atoms with E-state index in [4.69, 9.17) is 21.4 Å². The first-order valence-corrected chi connectivity index (χ1v) is 9.06. The van der Waals surface area contributed by atoms with Crippen molar-refractivity contribution in [2.24, 2.45) is 0 Å². The van der Waals surface area contributed by atoms with E-state index in [0.717, 1.165) is 24.2 Å². The van der Waals surface area contributed by atoms with Crippen molar-refractivity contribution in [1.29, 1.82) is 0 Å². The number of carbonyl (C=O) groups is 1. The fourth-order valence-electron chi connectivity index (χ4n) is 2.94. The van der Waals surface area contributed by atoms with E-state index in [1.807, 2.05) is 31.2 Å². The molecule has 0 radical (unpaired) electrons. The van der Waals surface area contributed by atoms with Gasteiger partial charge in [0.15, 0.2) is 6.61 Å². The van der Waals surface area contributed by atoms with Crippen molar-refractivity contribution in [3.63, 3.8) is 0 Å². The Bertz CT molecular complexity index is 761. The van der Waals surface area contributed by atoms with Gasteiger partial charge >= 0.3 is 0 Å². The number of aromatic nitrogens is 2. The Labute approximate surface area is 152 Å². The van der Waals surface area contributed by atoms with Crippen molar-refractivity contribution in [3.05, 3.63) is 40.6 Å². The second-order valence-corrected chi connectivity index (χ2v) is 6.77. The van der Waals surface area contributed by atoms with Gasteiger partial charge in [-0.15, -0.1) is 5.10 Å². The Morgan fingerprint density at radius 2 is 2.04 bits per heavy atom. The molecule has 1 aromatic carbocycles. The molecule has 1 fully saturated rings. The van der Waals surface area contributed by atoms with Gasteiger partial charge < -0.3 is 14.5 Å². The van der Waals surface area contributed by atoms with Crippen LogP contribution in [0, 0.1) is 11.8 Å². The van der Waals surface area contributed by atoms with Crippen LogP contribution in [-0.2, 0) is 17.9 Å². The van der Waals surface area contributed by atoms with Gasteiger partial charge in [-0.3, -0.25) is 4.79 Å². The SMILES string of the molecule is Cc1ccc(OCc2nn(CC(=O)NC3CCCCC3)c(=S)o2)cc1. The van der Waals surface area contributed by atoms with Crippen LogP contribution in [0.3, 0.4) is 0 Å². The summed E-state index contributed by atoms with van der Waals surface area (Å²) in [6.07, 6.45) is 5.70. The van der Waals surface area contributed by atoms with Crippen molar-refractivity contribution in [2.75, 3.05) is 0 Å². The third kappa shape index (κ3) is 5.16. The minimum atomic E-state index is -0.0812. The topological polar surface area (TPSA) is 69.3 Å². The number of hydrogen-bond donors (Lipinski definition) is 1. The smallest absolute Gasteiger partial charge is 0.287 e. The number of amides is 1. The predicted molar refractivity (Wildman–Crippen MR) is 95.9 cm³/mol. The molecule has 0 bridgehead atoms. The van der Waals surface area contributed by atoms with Gasteiger partial charge in [-0.05, 0) is 44.1 Å². The van der Waals surface area contributed by atoms with Crippen LogP contribution < -0.4 is 10.1 Å². The number of aryl methyl sites for hydroxylation is 1. The summed E-state index contributed by atoms with van der Waals surface area (Å²) in [7, 11) is 0. The lowest BCUT2D eigenvalue weighted by Gasteiger charge is -2.22. The average Bonchev–Trinajstić information content (AvgIpc) is 2.95. The molecule has 1 aliphatic carbocycles. The minimum Gasteiger partial charge on any atom is -0.484 e. The van der Waals surface area contributed by atoms with Gasteiger partial charge in [-0.1, -0.05) is 37.0 Å². The molecule has 1 N–H and O–H groups in total. The van der Waals surface area contributed by atoms with E-state index in [-0.39, 0.29) is 29.9 Å². The molecule has 1 saturated carbocycles. The van der Waals surface area contributed by atoms with E-state index in [1.54, 1.807) is 0 Å². The summed E-state index contributed by atoms with van der Waals surface area (Å²) in [5.41, 5.74) is 1.16. The van der Waals surface area contributed by atoms with Crippen LogP contribution in [0.1, 0.15) is 43.6 Å². The van der Waals surface area contributed by atoms with E-state index >= 15 is 0 Å². The number of hydrogen-bond acceptors (Lipinski definition) is 5. The lowest BCUT2D eigenvalue weighted by atomic mass is 9.95. The maximum Gasteiger partial charge on any atom is 0.287 e. The number of ether oxygens (including phenoxy) is 1. The normalized spacial score (nSPS) is 15.1. The van der Waals surface area contributed by atoms with E-state index < -0.39 is 0 Å². The molecule has 0 spiro atoms. The maximum atomic E-state index is 12.2. The Kier molecular flexibility index (Phi) is 5.86. The highest BCUT2D eigenvalue weighted by molar-refractivity contribution is 7.71. The number of nitrogens with zero attached hydrogens (tertiary/aromatic N) is 2. The molecule has 0 unspecified atom stereocenters. The second kappa shape index (κ2) is 8.29. The highest BCUT2D eigenvalue weighted by Crippen LogP contribution is 2.17. The fourth-order valence-corrected chi connectivity index (χ4v) is 3.14. The molecule has 0 aliphatic heterocycles. The third-order valence-corrected chi connectivity index (χ3v) is 4.59. The fraction of sp³-hybridized carbons (Fsp3) is 0.500. The van der Waals surface area contributed by atoms with E-state index in [0.29, 0.717) is 5.89 Å². The lowest BCUT2D eigenvalue weighted by molar-refractivity contribution is -0.122. The van der Waals surface area contributed by atoms with Crippen LogP contribution in [-0.4, -0.2) is 21.7 Å². The first-order chi connectivity index (χ1) is 12.1. The average molecular weight is 361 g/mol. The van der Waals surface area contributed by atoms with Crippen LogP contribution in [0.4, 0.5) is 0 Å². The zero-order chi connectivity index (χ0) is 17.6. The Morgan fingerprint density at radius 1 is 1.32 bits per heavy atom. The van der Waals surface area contributed by atoms with Gasteiger partial charge in [0.05, 0.1) is 0 Å². The quantitative estimate of drug-likeness (QED) is 0.797. The molecule has 1 aromatic heterocycles. The largest absolute Gasteiger partial charge is 0.484 e. The summed E-state index contributed by atoms with van der Waals surface area (Å²) in [6, 6.07) is 7.99. The third-order valence-electron chi connectivity index (χ3n) is 4.30. The molecule has 0 saturated heterocycles. The van der Waals surface area contributed by atoms with Crippen molar-refractivity contribution >= 4 is 18.1 Å². The van der Waals surface area contributed by atoms with Crippen LogP contribution >= 0.6 is 12.2 Å². The van der Waals surface area contributed by atoms with Gasteiger partial charge in [0.2, 0.25) is 5.91 Å². The second-order valence-electron chi connectivity index (χ2n) is 6.42. The molecule has 2 aromatic rings. The van der Waals surface area contributed by atoms with Crippen LogP contribution in [0.2, 0.25) is 0 Å². The van der Waals surface area contributed by atoms with Crippen LogP contribution in [0.25, 0.3) is 0 Å². The zero-order valence-electron chi connectivity index (χ0n) is 14.4. The Balaban J connectivity index is 1.53. The summed E-state index contributed by atoms with van der Waals surface area (Å²) in [5.74, 6) is 1.01. The Hall–Kier alpha value is -2.15. The maximum absolute atomic E-state index is 12.2. The van der Waals surface area contributed by atoms with Crippen molar-refractivity contribution in [1.82, 2.24) is 15.1 Å². The van der Waals surface area contributed by atoms with Crippen molar-refractivity contribution in [2.45, 2.75) is 58.2 Å². The Morgan fingerprint density at radius 3 is 2.76 bits per heavy atom. The van der Waals surface area contributed by atoms with Gasteiger partial charge in [-0.2, -0.15) is 0 Å². The molecule has 7 heteroatoms. The zero-order valence-corrected chi connectivity index (χ0v) is 15.2. The molecule has 134 valence electrons. The lowest BCUT2D eigenvalue weighted by Crippen LogP contribution is -2.38. The molecule has 1 aliphatic rings. The predicted octanol–water partition coefficient (Wildman–Crippen LogP) is 3.54. The summed E-state index contributed by atoms with van der Waals surface area (Å²) >= 11 is 5.14. The molecule has 1 heterocycles. The number of benzene rings is 1. The highest BCUT2D eigenvalue weighted by Gasteiger charge is 2.17. The van der Waals surface area contributed by atoms with E-state index in [1.165, 1.54) is 23.9 Å². The van der Waals surface area contributed by atoms with Crippen LogP contribution in [0.5, 0.6) is 5.75 Å². The summed E-state index contributed by atoms with van der Waals surface area (Å²) in [6.45, 7) is 2.26. The number of rotatable bonds is 6. The van der Waals surface area contributed by atoms with Crippen molar-refractivity contribution < 1.29 is 13.9 Å². The first-order valence-electron chi connectivity index (χ1n) is 8.66.